The molecule has 0 atom stereocenters. The molecule has 1 aliphatic heterocycles. The van der Waals surface area contributed by atoms with Crippen LogP contribution in [0.4, 0.5) is 0 Å². The average molecular weight is 387 g/mol. The van der Waals surface area contributed by atoms with E-state index in [1.165, 1.54) is 13.2 Å². The van der Waals surface area contributed by atoms with Gasteiger partial charge >= 0.3 is 5.97 Å². The molecule has 3 aromatic rings. The molecule has 0 fully saturated rings. The van der Waals surface area contributed by atoms with Gasteiger partial charge in [0.1, 0.15) is 22.8 Å². The van der Waals surface area contributed by atoms with Crippen LogP contribution in [0.3, 0.4) is 0 Å². The van der Waals surface area contributed by atoms with Crippen LogP contribution in [0.5, 0.6) is 17.2 Å². The van der Waals surface area contributed by atoms with Crippen LogP contribution in [0.25, 0.3) is 6.08 Å². The second kappa shape index (κ2) is 7.59. The minimum Gasteiger partial charge on any atom is -0.496 e. The minimum atomic E-state index is -0.560. The summed E-state index contributed by atoms with van der Waals surface area (Å²) in [7, 11) is 1.49. The van der Waals surface area contributed by atoms with Crippen molar-refractivity contribution in [3.63, 3.8) is 0 Å². The van der Waals surface area contributed by atoms with Crippen molar-refractivity contribution < 1.29 is 23.8 Å². The number of ether oxygens (including phenoxy) is 3. The van der Waals surface area contributed by atoms with Crippen molar-refractivity contribution in [3.05, 3.63) is 88.9 Å². The molecule has 2 aromatic carbocycles. The molecule has 144 valence electrons. The van der Waals surface area contributed by atoms with Crippen molar-refractivity contribution in [1.29, 1.82) is 0 Å². The second-order valence-electron chi connectivity index (χ2n) is 6.40. The fourth-order valence-corrected chi connectivity index (χ4v) is 3.11. The number of hydrogen-bond acceptors (Lipinski definition) is 6. The third kappa shape index (κ3) is 3.60. The zero-order valence-electron chi connectivity index (χ0n) is 15.8. The van der Waals surface area contributed by atoms with Gasteiger partial charge < -0.3 is 14.2 Å². The summed E-state index contributed by atoms with van der Waals surface area (Å²) < 4.78 is 16.4. The van der Waals surface area contributed by atoms with Gasteiger partial charge in [-0.25, -0.2) is 4.79 Å². The van der Waals surface area contributed by atoms with Crippen molar-refractivity contribution in [2.75, 3.05) is 7.11 Å². The molecule has 0 aliphatic carbocycles. The summed E-state index contributed by atoms with van der Waals surface area (Å²) in [6.07, 6.45) is 3.22. The molecule has 0 unspecified atom stereocenters. The van der Waals surface area contributed by atoms with Crippen molar-refractivity contribution in [3.8, 4) is 17.2 Å². The van der Waals surface area contributed by atoms with E-state index >= 15 is 0 Å². The Balaban J connectivity index is 1.62. The van der Waals surface area contributed by atoms with Gasteiger partial charge in [-0.3, -0.25) is 9.78 Å². The molecule has 4 rings (SSSR count). The summed E-state index contributed by atoms with van der Waals surface area (Å²) in [5.74, 6) is 0.433. The summed E-state index contributed by atoms with van der Waals surface area (Å²) in [5.41, 5.74) is 2.02. The standard InChI is InChI=1S/C23H17NO5/c1-14-11-16(28-23(26)17-8-3-4-9-18(17)27-2)13-19-21(14)22(25)20(29-19)12-15-7-5-6-10-24-15/h3-13H,1-2H3/b20-12-. The van der Waals surface area contributed by atoms with Crippen molar-refractivity contribution in [2.45, 2.75) is 6.92 Å². The van der Waals surface area contributed by atoms with E-state index < -0.39 is 5.97 Å². The number of pyridine rings is 1. The molecule has 0 amide bonds. The molecule has 2 heterocycles. The first-order chi connectivity index (χ1) is 14.1. The third-order valence-corrected chi connectivity index (χ3v) is 4.45. The second-order valence-corrected chi connectivity index (χ2v) is 6.40. The molecule has 1 aromatic heterocycles. The number of methoxy groups -OCH3 is 1. The summed E-state index contributed by atoms with van der Waals surface area (Å²) >= 11 is 0. The number of para-hydroxylation sites is 1. The number of allylic oxidation sites excluding steroid dienone is 1. The van der Waals surface area contributed by atoms with Crippen LogP contribution < -0.4 is 14.2 Å². The van der Waals surface area contributed by atoms with Gasteiger partial charge in [-0.1, -0.05) is 18.2 Å². The number of ketones is 1. The van der Waals surface area contributed by atoms with E-state index in [4.69, 9.17) is 14.2 Å². The number of Topliss-reactive ketones (excluding diaryl/α,β-unsaturated/α-hetero) is 1. The van der Waals surface area contributed by atoms with Crippen LogP contribution in [-0.4, -0.2) is 23.8 Å². The Bertz CT molecular complexity index is 1140. The lowest BCUT2D eigenvalue weighted by Crippen LogP contribution is -2.10. The van der Waals surface area contributed by atoms with E-state index in [1.54, 1.807) is 61.7 Å². The van der Waals surface area contributed by atoms with Gasteiger partial charge in [0.05, 0.1) is 18.4 Å². The number of carbonyl (C=O) groups is 2. The number of hydrogen-bond donors (Lipinski definition) is 0. The van der Waals surface area contributed by atoms with Crippen LogP contribution in [0.1, 0.15) is 32.0 Å². The van der Waals surface area contributed by atoms with E-state index in [0.29, 0.717) is 33.9 Å². The lowest BCUT2D eigenvalue weighted by molar-refractivity contribution is 0.0731. The number of aromatic nitrogens is 1. The first kappa shape index (κ1) is 18.4. The van der Waals surface area contributed by atoms with Gasteiger partial charge in [0.15, 0.2) is 5.76 Å². The lowest BCUT2D eigenvalue weighted by Gasteiger charge is -2.10. The summed E-state index contributed by atoms with van der Waals surface area (Å²) in [4.78, 5) is 29.4. The molecular formula is C23H17NO5. The first-order valence-electron chi connectivity index (χ1n) is 8.92. The Hall–Kier alpha value is -3.93. The molecule has 0 saturated carbocycles. The maximum absolute atomic E-state index is 12.7. The summed E-state index contributed by atoms with van der Waals surface area (Å²) in [5, 5.41) is 0. The molecule has 0 bridgehead atoms. The zero-order valence-corrected chi connectivity index (χ0v) is 15.8. The molecule has 1 aliphatic rings. The predicted octanol–water partition coefficient (Wildman–Crippen LogP) is 4.23. The Labute approximate surface area is 167 Å². The van der Waals surface area contributed by atoms with Gasteiger partial charge in [-0.15, -0.1) is 0 Å². The van der Waals surface area contributed by atoms with Crippen molar-refractivity contribution in [2.24, 2.45) is 0 Å². The number of benzene rings is 2. The molecule has 0 N–H and O–H groups in total. The first-order valence-corrected chi connectivity index (χ1v) is 8.92. The van der Waals surface area contributed by atoms with E-state index in [9.17, 15) is 9.59 Å². The highest BCUT2D eigenvalue weighted by atomic mass is 16.5. The number of fused-ring (bicyclic) bond motifs is 1. The quantitative estimate of drug-likeness (QED) is 0.379. The number of nitrogens with zero attached hydrogens (tertiary/aromatic N) is 1. The molecule has 0 spiro atoms. The zero-order chi connectivity index (χ0) is 20.4. The van der Waals surface area contributed by atoms with Gasteiger partial charge in [-0.2, -0.15) is 0 Å². The van der Waals surface area contributed by atoms with Crippen molar-refractivity contribution in [1.82, 2.24) is 4.98 Å². The molecular weight excluding hydrogens is 370 g/mol. The van der Waals surface area contributed by atoms with Crippen LogP contribution in [0, 0.1) is 6.92 Å². The molecule has 0 saturated heterocycles. The van der Waals surface area contributed by atoms with E-state index in [2.05, 4.69) is 4.98 Å². The molecule has 29 heavy (non-hydrogen) atoms. The normalized spacial score (nSPS) is 13.7. The maximum Gasteiger partial charge on any atom is 0.347 e. The predicted molar refractivity (Wildman–Crippen MR) is 106 cm³/mol. The highest BCUT2D eigenvalue weighted by Crippen LogP contribution is 2.37. The fourth-order valence-electron chi connectivity index (χ4n) is 3.11. The molecule has 0 radical (unpaired) electrons. The maximum atomic E-state index is 12.7. The van der Waals surface area contributed by atoms with Crippen molar-refractivity contribution >= 4 is 17.8 Å². The van der Waals surface area contributed by atoms with Crippen LogP contribution in [-0.2, 0) is 0 Å². The number of aryl methyl sites for hydroxylation is 1. The number of rotatable bonds is 4. The van der Waals surface area contributed by atoms with Crippen LogP contribution in [0.2, 0.25) is 0 Å². The Kier molecular flexibility index (Phi) is 4.83. The van der Waals surface area contributed by atoms with Gasteiger partial charge in [0.2, 0.25) is 5.78 Å². The van der Waals surface area contributed by atoms with Crippen LogP contribution >= 0.6 is 0 Å². The van der Waals surface area contributed by atoms with Gasteiger partial charge in [-0.05, 0) is 42.8 Å². The average Bonchev–Trinajstić information content (AvgIpc) is 3.04. The van der Waals surface area contributed by atoms with Crippen LogP contribution in [0.15, 0.2) is 66.6 Å². The topological polar surface area (TPSA) is 74.7 Å². The van der Waals surface area contributed by atoms with Gasteiger partial charge in [0.25, 0.3) is 0 Å². The molecule has 6 heteroatoms. The fraction of sp³-hybridized carbons (Fsp3) is 0.0870. The van der Waals surface area contributed by atoms with E-state index in [-0.39, 0.29) is 17.3 Å². The smallest absolute Gasteiger partial charge is 0.347 e. The van der Waals surface area contributed by atoms with E-state index in [1.807, 2.05) is 6.07 Å². The summed E-state index contributed by atoms with van der Waals surface area (Å²) in [6, 6.07) is 15.4. The Morgan fingerprint density at radius 2 is 1.90 bits per heavy atom. The highest BCUT2D eigenvalue weighted by Gasteiger charge is 2.30. The third-order valence-electron chi connectivity index (χ3n) is 4.45. The SMILES string of the molecule is COc1ccccc1C(=O)Oc1cc(C)c2c(c1)O/C(=C\c1ccccn1)C2=O. The highest BCUT2D eigenvalue weighted by molar-refractivity contribution is 6.15. The van der Waals surface area contributed by atoms with Gasteiger partial charge in [0, 0.05) is 18.3 Å². The summed E-state index contributed by atoms with van der Waals surface area (Å²) in [6.45, 7) is 1.77. The monoisotopic (exact) mass is 387 g/mol. The van der Waals surface area contributed by atoms with E-state index in [0.717, 1.165) is 0 Å². The lowest BCUT2D eigenvalue weighted by atomic mass is 10.0. The number of carbonyl (C=O) groups excluding carboxylic acids is 2. The molecule has 6 nitrogen and oxygen atoms in total. The Morgan fingerprint density at radius 1 is 1.10 bits per heavy atom. The minimum absolute atomic E-state index is 0.176. The Morgan fingerprint density at radius 3 is 2.66 bits per heavy atom. The number of esters is 1. The largest absolute Gasteiger partial charge is 0.496 e.